The Morgan fingerprint density at radius 3 is 3.00 bits per heavy atom. The zero-order valence-corrected chi connectivity index (χ0v) is 10.6. The summed E-state index contributed by atoms with van der Waals surface area (Å²) in [5, 5.41) is 9.25. The number of carboxylic acids is 1. The number of nitrogens with zero attached hydrogens (tertiary/aromatic N) is 1. The Morgan fingerprint density at radius 1 is 1.50 bits per heavy atom. The Bertz CT molecular complexity index is 419. The van der Waals surface area contributed by atoms with Gasteiger partial charge in [0.1, 0.15) is 0 Å². The zero-order valence-electron chi connectivity index (χ0n) is 10.6. The normalized spacial score (nSPS) is 18.5. The molecule has 1 aromatic carbocycles. The molecule has 0 saturated heterocycles. The average molecular weight is 249 g/mol. The van der Waals surface area contributed by atoms with E-state index in [1.54, 1.807) is 7.11 Å². The molecular weight excluding hydrogens is 230 g/mol. The van der Waals surface area contributed by atoms with E-state index in [0.717, 1.165) is 37.4 Å². The van der Waals surface area contributed by atoms with Gasteiger partial charge in [0.05, 0.1) is 5.92 Å². The minimum absolute atomic E-state index is 0.361. The molecule has 1 N–H and O–H groups in total. The van der Waals surface area contributed by atoms with Crippen molar-refractivity contribution in [2.24, 2.45) is 0 Å². The fourth-order valence-corrected chi connectivity index (χ4v) is 2.52. The maximum absolute atomic E-state index is 11.2. The van der Waals surface area contributed by atoms with Gasteiger partial charge in [-0.3, -0.25) is 4.79 Å². The van der Waals surface area contributed by atoms with Crippen LogP contribution in [0.2, 0.25) is 0 Å². The second-order valence-corrected chi connectivity index (χ2v) is 4.57. The number of methoxy groups -OCH3 is 1. The number of benzene rings is 1. The van der Waals surface area contributed by atoms with Crippen molar-refractivity contribution in [2.75, 3.05) is 31.7 Å². The van der Waals surface area contributed by atoms with E-state index in [4.69, 9.17) is 4.74 Å². The minimum atomic E-state index is -0.723. The molecule has 1 atom stereocenters. The van der Waals surface area contributed by atoms with Crippen LogP contribution in [0.5, 0.6) is 0 Å². The van der Waals surface area contributed by atoms with Crippen LogP contribution in [-0.2, 0) is 9.53 Å². The summed E-state index contributed by atoms with van der Waals surface area (Å²) in [5.41, 5.74) is 2.00. The third-order valence-electron chi connectivity index (χ3n) is 3.42. The summed E-state index contributed by atoms with van der Waals surface area (Å²) in [7, 11) is 1.70. The topological polar surface area (TPSA) is 49.8 Å². The van der Waals surface area contributed by atoms with Gasteiger partial charge in [-0.05, 0) is 24.5 Å². The molecule has 1 unspecified atom stereocenters. The number of fused-ring (bicyclic) bond motifs is 1. The Balaban J connectivity index is 2.17. The van der Waals surface area contributed by atoms with Gasteiger partial charge >= 0.3 is 5.97 Å². The molecule has 1 aliphatic heterocycles. The Morgan fingerprint density at radius 2 is 2.28 bits per heavy atom. The molecule has 0 radical (unpaired) electrons. The molecule has 2 rings (SSSR count). The Hall–Kier alpha value is -1.55. The first-order valence-corrected chi connectivity index (χ1v) is 6.29. The number of para-hydroxylation sites is 1. The van der Waals surface area contributed by atoms with Crippen molar-refractivity contribution in [3.63, 3.8) is 0 Å². The third-order valence-corrected chi connectivity index (χ3v) is 3.42. The number of aliphatic carboxylic acids is 1. The first-order chi connectivity index (χ1) is 8.74. The molecule has 98 valence electrons. The molecule has 0 bridgehead atoms. The second kappa shape index (κ2) is 5.87. The minimum Gasteiger partial charge on any atom is -0.481 e. The lowest BCUT2D eigenvalue weighted by molar-refractivity contribution is -0.139. The zero-order chi connectivity index (χ0) is 13.0. The van der Waals surface area contributed by atoms with E-state index in [1.165, 1.54) is 0 Å². The van der Waals surface area contributed by atoms with Crippen LogP contribution in [0.25, 0.3) is 0 Å². The van der Waals surface area contributed by atoms with Crippen molar-refractivity contribution < 1.29 is 14.6 Å². The van der Waals surface area contributed by atoms with Gasteiger partial charge in [-0.1, -0.05) is 18.2 Å². The molecule has 4 nitrogen and oxygen atoms in total. The van der Waals surface area contributed by atoms with Crippen LogP contribution >= 0.6 is 0 Å². The highest BCUT2D eigenvalue weighted by Gasteiger charge is 2.29. The van der Waals surface area contributed by atoms with Crippen LogP contribution < -0.4 is 4.90 Å². The van der Waals surface area contributed by atoms with Crippen LogP contribution in [0.1, 0.15) is 24.3 Å². The van der Waals surface area contributed by atoms with Gasteiger partial charge in [-0.15, -0.1) is 0 Å². The van der Waals surface area contributed by atoms with Gasteiger partial charge in [-0.2, -0.15) is 0 Å². The van der Waals surface area contributed by atoms with Crippen molar-refractivity contribution in [3.8, 4) is 0 Å². The monoisotopic (exact) mass is 249 g/mol. The van der Waals surface area contributed by atoms with Gasteiger partial charge in [0, 0.05) is 32.5 Å². The van der Waals surface area contributed by atoms with E-state index in [9.17, 15) is 9.90 Å². The SMILES string of the molecule is COCCCN1CCC(C(=O)O)c2ccccc21. The van der Waals surface area contributed by atoms with Crippen molar-refractivity contribution in [1.82, 2.24) is 0 Å². The maximum Gasteiger partial charge on any atom is 0.311 e. The predicted molar refractivity (Wildman–Crippen MR) is 70.1 cm³/mol. The van der Waals surface area contributed by atoms with Gasteiger partial charge < -0.3 is 14.7 Å². The van der Waals surface area contributed by atoms with Gasteiger partial charge in [0.15, 0.2) is 0 Å². The van der Waals surface area contributed by atoms with Crippen molar-refractivity contribution in [3.05, 3.63) is 29.8 Å². The largest absolute Gasteiger partial charge is 0.481 e. The lowest BCUT2D eigenvalue weighted by Crippen LogP contribution is -2.34. The molecule has 0 spiro atoms. The summed E-state index contributed by atoms with van der Waals surface area (Å²) in [5.74, 6) is -1.08. The standard InChI is InChI=1S/C14H19NO3/c1-18-10-4-8-15-9-7-12(14(16)17)11-5-2-3-6-13(11)15/h2-3,5-6,12H,4,7-10H2,1H3,(H,16,17). The van der Waals surface area contributed by atoms with E-state index in [2.05, 4.69) is 4.90 Å². The fraction of sp³-hybridized carbons (Fsp3) is 0.500. The van der Waals surface area contributed by atoms with Crippen LogP contribution in [0.4, 0.5) is 5.69 Å². The molecule has 1 heterocycles. The third kappa shape index (κ3) is 2.64. The van der Waals surface area contributed by atoms with Crippen LogP contribution in [0, 0.1) is 0 Å². The van der Waals surface area contributed by atoms with Crippen LogP contribution in [0.15, 0.2) is 24.3 Å². The first kappa shape index (κ1) is 12.9. The van der Waals surface area contributed by atoms with E-state index < -0.39 is 5.97 Å². The summed E-state index contributed by atoms with van der Waals surface area (Å²) in [6, 6.07) is 7.81. The van der Waals surface area contributed by atoms with Crippen LogP contribution in [0.3, 0.4) is 0 Å². The molecule has 1 aliphatic rings. The van der Waals surface area contributed by atoms with Crippen molar-refractivity contribution in [1.29, 1.82) is 0 Å². The predicted octanol–water partition coefficient (Wildman–Crippen LogP) is 2.10. The Labute approximate surface area is 107 Å². The molecule has 4 heteroatoms. The molecular formula is C14H19NO3. The summed E-state index contributed by atoms with van der Waals surface area (Å²) >= 11 is 0. The van der Waals surface area contributed by atoms with Gasteiger partial charge in [0.2, 0.25) is 0 Å². The highest BCUT2D eigenvalue weighted by Crippen LogP contribution is 2.35. The highest BCUT2D eigenvalue weighted by molar-refractivity contribution is 5.80. The maximum atomic E-state index is 11.2. The lowest BCUT2D eigenvalue weighted by Gasteiger charge is -2.34. The number of hydrogen-bond acceptors (Lipinski definition) is 3. The highest BCUT2D eigenvalue weighted by atomic mass is 16.5. The lowest BCUT2D eigenvalue weighted by atomic mass is 9.90. The summed E-state index contributed by atoms with van der Waals surface area (Å²) in [4.78, 5) is 13.5. The molecule has 1 aromatic rings. The first-order valence-electron chi connectivity index (χ1n) is 6.29. The Kier molecular flexibility index (Phi) is 4.20. The van der Waals surface area contributed by atoms with Gasteiger partial charge in [0.25, 0.3) is 0 Å². The van der Waals surface area contributed by atoms with Crippen molar-refractivity contribution in [2.45, 2.75) is 18.8 Å². The number of carbonyl (C=O) groups is 1. The van der Waals surface area contributed by atoms with E-state index in [0.29, 0.717) is 6.42 Å². The number of ether oxygens (including phenoxy) is 1. The number of hydrogen-bond donors (Lipinski definition) is 1. The number of rotatable bonds is 5. The quantitative estimate of drug-likeness (QED) is 0.812. The number of anilines is 1. The number of carboxylic acid groups (broad SMARTS) is 1. The molecule has 18 heavy (non-hydrogen) atoms. The van der Waals surface area contributed by atoms with Crippen molar-refractivity contribution >= 4 is 11.7 Å². The second-order valence-electron chi connectivity index (χ2n) is 4.57. The van der Waals surface area contributed by atoms with Crippen LogP contribution in [-0.4, -0.2) is 37.9 Å². The van der Waals surface area contributed by atoms with Gasteiger partial charge in [-0.25, -0.2) is 0 Å². The average Bonchev–Trinajstić information content (AvgIpc) is 2.38. The molecule has 0 aliphatic carbocycles. The summed E-state index contributed by atoms with van der Waals surface area (Å²) in [6.45, 7) is 2.45. The summed E-state index contributed by atoms with van der Waals surface area (Å²) in [6.07, 6.45) is 1.64. The molecule has 0 aromatic heterocycles. The van der Waals surface area contributed by atoms with E-state index in [-0.39, 0.29) is 5.92 Å². The van der Waals surface area contributed by atoms with E-state index >= 15 is 0 Å². The molecule has 0 amide bonds. The fourth-order valence-electron chi connectivity index (χ4n) is 2.52. The smallest absolute Gasteiger partial charge is 0.311 e. The molecule has 0 fully saturated rings. The molecule has 0 saturated carbocycles. The van der Waals surface area contributed by atoms with E-state index in [1.807, 2.05) is 24.3 Å². The summed E-state index contributed by atoms with van der Waals surface area (Å²) < 4.78 is 5.06.